The summed E-state index contributed by atoms with van der Waals surface area (Å²) in [5.74, 6) is 1.77. The number of benzene rings is 9. The standard InChI is InChI=1S/C74H74N4/c1-39(2)67-43(9)29-51(30-44(67)10)75(52-31-45(11)68(40(3)4)46(12)32-52)61-25-19-27-63-71(61)57-23-17-21-55-59-38-66-60(37-65(59)77(63)73(55)57)56-22-18-24-58-72-62(26-20-28-64(72)78(66)74(56)58)76(53-33-47(13)69(41(5)6)48(14)34-53)54-35-49(15)70(42(7)8)50(16)36-54/h17-42H,1-16H3. The zero-order chi connectivity index (χ0) is 54.7. The van der Waals surface area contributed by atoms with Crippen molar-refractivity contribution in [3.63, 3.8) is 0 Å². The van der Waals surface area contributed by atoms with Crippen LogP contribution in [-0.2, 0) is 0 Å². The summed E-state index contributed by atoms with van der Waals surface area (Å²) in [6.45, 7) is 36.9. The average molecular weight is 1020 g/mol. The van der Waals surface area contributed by atoms with Gasteiger partial charge in [0.25, 0.3) is 0 Å². The first-order valence-corrected chi connectivity index (χ1v) is 28.7. The van der Waals surface area contributed by atoms with Crippen molar-refractivity contribution < 1.29 is 0 Å². The van der Waals surface area contributed by atoms with E-state index < -0.39 is 0 Å². The number of hydrogen-bond donors (Lipinski definition) is 0. The number of hydrogen-bond acceptors (Lipinski definition) is 2. The second kappa shape index (κ2) is 17.9. The van der Waals surface area contributed by atoms with Crippen molar-refractivity contribution >= 4 is 110 Å². The number of aryl methyl sites for hydroxylation is 8. The molecule has 9 aromatic carbocycles. The number of rotatable bonds is 10. The Morgan fingerprint density at radius 3 is 0.808 bits per heavy atom. The maximum absolute atomic E-state index is 2.58. The molecule has 0 aliphatic carbocycles. The summed E-state index contributed by atoms with van der Waals surface area (Å²) in [4.78, 5) is 5.11. The molecular weight excluding hydrogens is 945 g/mol. The molecule has 13 aromatic rings. The predicted molar refractivity (Wildman–Crippen MR) is 339 cm³/mol. The Labute approximate surface area is 461 Å². The van der Waals surface area contributed by atoms with Gasteiger partial charge in [-0.3, -0.25) is 0 Å². The van der Waals surface area contributed by atoms with Gasteiger partial charge >= 0.3 is 0 Å². The van der Waals surface area contributed by atoms with Crippen LogP contribution in [0, 0.1) is 55.4 Å². The van der Waals surface area contributed by atoms with Gasteiger partial charge in [0.15, 0.2) is 0 Å². The van der Waals surface area contributed by atoms with Gasteiger partial charge in [0.2, 0.25) is 0 Å². The average Bonchev–Trinajstić information content (AvgIpc) is 2.95. The molecule has 390 valence electrons. The van der Waals surface area contributed by atoms with Crippen LogP contribution in [0.1, 0.15) is 146 Å². The van der Waals surface area contributed by atoms with Crippen molar-refractivity contribution in [2.75, 3.05) is 9.80 Å². The lowest BCUT2D eigenvalue weighted by atomic mass is 9.91. The summed E-state index contributed by atoms with van der Waals surface area (Å²) in [6, 6.07) is 52.4. The third-order valence-electron chi connectivity index (χ3n) is 17.9. The smallest absolute Gasteiger partial charge is 0.0621 e. The van der Waals surface area contributed by atoms with Crippen LogP contribution in [0.25, 0.3) is 76.2 Å². The lowest BCUT2D eigenvalue weighted by Gasteiger charge is -2.30. The molecule has 78 heavy (non-hydrogen) atoms. The monoisotopic (exact) mass is 1020 g/mol. The van der Waals surface area contributed by atoms with Crippen LogP contribution < -0.4 is 9.80 Å². The van der Waals surface area contributed by atoms with Crippen LogP contribution >= 0.6 is 0 Å². The number of anilines is 6. The minimum Gasteiger partial charge on any atom is -0.310 e. The van der Waals surface area contributed by atoms with E-state index in [9.17, 15) is 0 Å². The highest BCUT2D eigenvalue weighted by molar-refractivity contribution is 6.31. The molecule has 0 saturated heterocycles. The summed E-state index contributed by atoms with van der Waals surface area (Å²) >= 11 is 0. The largest absolute Gasteiger partial charge is 0.310 e. The van der Waals surface area contributed by atoms with Crippen LogP contribution in [0.5, 0.6) is 0 Å². The SMILES string of the molecule is Cc1cc(N(c2cc(C)c(C(C)C)c(C)c2)c2cccc3c2c2cccc4c5cc6c(cc5n3c42)c2cccc3c4c(N(c5cc(C)c(C(C)C)c(C)c5)c5cc(C)c(C(C)C)c(C)c5)cccc4n6c23)cc(C)c1C(C)C. The second-order valence-electron chi connectivity index (χ2n) is 24.6. The van der Waals surface area contributed by atoms with Crippen LogP contribution in [0.15, 0.2) is 133 Å². The van der Waals surface area contributed by atoms with Crippen molar-refractivity contribution in [2.24, 2.45) is 0 Å². The van der Waals surface area contributed by atoms with Crippen molar-refractivity contribution in [1.29, 1.82) is 0 Å². The fourth-order valence-electron chi connectivity index (χ4n) is 15.7. The first-order valence-electron chi connectivity index (χ1n) is 28.7. The molecule has 4 heterocycles. The van der Waals surface area contributed by atoms with Crippen LogP contribution in [0.3, 0.4) is 0 Å². The maximum Gasteiger partial charge on any atom is 0.0621 e. The third kappa shape index (κ3) is 7.10. The van der Waals surface area contributed by atoms with Crippen LogP contribution in [-0.4, -0.2) is 8.80 Å². The normalized spacial score (nSPS) is 12.6. The zero-order valence-corrected chi connectivity index (χ0v) is 48.8. The Balaban J connectivity index is 1.07. The number of aromatic nitrogens is 2. The van der Waals surface area contributed by atoms with Crippen LogP contribution in [0.2, 0.25) is 0 Å². The Morgan fingerprint density at radius 1 is 0.282 bits per heavy atom. The van der Waals surface area contributed by atoms with Gasteiger partial charge in [0.1, 0.15) is 0 Å². The molecule has 0 spiro atoms. The number of fused-ring (bicyclic) bond motifs is 12. The topological polar surface area (TPSA) is 15.3 Å². The molecule has 0 unspecified atom stereocenters. The Morgan fingerprint density at radius 2 is 0.538 bits per heavy atom. The third-order valence-corrected chi connectivity index (χ3v) is 17.9. The van der Waals surface area contributed by atoms with Gasteiger partial charge in [0, 0.05) is 65.8 Å². The molecule has 0 fully saturated rings. The molecule has 0 aliphatic heterocycles. The summed E-state index contributed by atoms with van der Waals surface area (Å²) in [7, 11) is 0. The highest BCUT2D eigenvalue weighted by atomic mass is 15.2. The van der Waals surface area contributed by atoms with Crippen molar-refractivity contribution in [2.45, 2.75) is 134 Å². The Hall–Kier alpha value is -7.82. The number of nitrogens with zero attached hydrogens (tertiary/aromatic N) is 4. The molecule has 4 aromatic heterocycles. The van der Waals surface area contributed by atoms with Crippen molar-refractivity contribution in [3.8, 4) is 0 Å². The summed E-state index contributed by atoms with van der Waals surface area (Å²) < 4.78 is 5.16. The van der Waals surface area contributed by atoms with E-state index in [1.807, 2.05) is 0 Å². The fraction of sp³-hybridized carbons (Fsp3) is 0.270. The van der Waals surface area contributed by atoms with E-state index in [0.717, 1.165) is 0 Å². The predicted octanol–water partition coefficient (Wildman–Crippen LogP) is 21.9. The van der Waals surface area contributed by atoms with Crippen molar-refractivity contribution in [1.82, 2.24) is 8.80 Å². The van der Waals surface area contributed by atoms with E-state index in [0.29, 0.717) is 23.7 Å². The van der Waals surface area contributed by atoms with Gasteiger partial charge in [-0.15, -0.1) is 0 Å². The molecule has 0 atom stereocenters. The molecular formula is C74H74N4. The molecule has 0 bridgehead atoms. The maximum atomic E-state index is 2.58. The first-order chi connectivity index (χ1) is 37.3. The Kier molecular flexibility index (Phi) is 11.4. The highest BCUT2D eigenvalue weighted by Crippen LogP contribution is 2.51. The lowest BCUT2D eigenvalue weighted by Crippen LogP contribution is -2.13. The van der Waals surface area contributed by atoms with Gasteiger partial charge in [0.05, 0.1) is 44.5 Å². The number of para-hydroxylation sites is 2. The van der Waals surface area contributed by atoms with Crippen molar-refractivity contribution in [3.05, 3.63) is 200 Å². The first kappa shape index (κ1) is 49.7. The van der Waals surface area contributed by atoms with Gasteiger partial charge in [-0.25, -0.2) is 0 Å². The molecule has 0 amide bonds. The minimum absolute atomic E-state index is 0.442. The second-order valence-corrected chi connectivity index (χ2v) is 24.6. The van der Waals surface area contributed by atoms with E-state index in [4.69, 9.17) is 0 Å². The van der Waals surface area contributed by atoms with E-state index in [1.165, 1.54) is 177 Å². The molecule has 0 N–H and O–H groups in total. The van der Waals surface area contributed by atoms with E-state index in [2.05, 4.69) is 263 Å². The quantitative estimate of drug-likeness (QED) is 0.136. The molecule has 0 aliphatic rings. The Bertz CT molecular complexity index is 4090. The summed E-state index contributed by atoms with van der Waals surface area (Å²) in [5.41, 5.74) is 31.1. The summed E-state index contributed by atoms with van der Waals surface area (Å²) in [5, 5.41) is 10.2. The van der Waals surface area contributed by atoms with Gasteiger partial charge in [-0.1, -0.05) is 104 Å². The molecule has 13 rings (SSSR count). The highest BCUT2D eigenvalue weighted by Gasteiger charge is 2.29. The van der Waals surface area contributed by atoms with E-state index in [-0.39, 0.29) is 0 Å². The van der Waals surface area contributed by atoms with Gasteiger partial charge in [-0.2, -0.15) is 0 Å². The van der Waals surface area contributed by atoms with E-state index in [1.54, 1.807) is 0 Å². The summed E-state index contributed by atoms with van der Waals surface area (Å²) in [6.07, 6.45) is 0. The molecule has 4 nitrogen and oxygen atoms in total. The van der Waals surface area contributed by atoms with E-state index >= 15 is 0 Å². The zero-order valence-electron chi connectivity index (χ0n) is 48.8. The van der Waals surface area contributed by atoms with Gasteiger partial charge in [-0.05, 0) is 231 Å². The molecule has 4 heteroatoms. The molecule has 0 saturated carbocycles. The molecule has 0 radical (unpaired) electrons. The lowest BCUT2D eigenvalue weighted by molar-refractivity contribution is 0.844. The fourth-order valence-corrected chi connectivity index (χ4v) is 15.7. The van der Waals surface area contributed by atoms with Crippen LogP contribution in [0.4, 0.5) is 34.1 Å². The minimum atomic E-state index is 0.442. The van der Waals surface area contributed by atoms with Gasteiger partial charge < -0.3 is 18.6 Å².